The molecule has 36 heavy (non-hydrogen) atoms. The summed E-state index contributed by atoms with van der Waals surface area (Å²) < 4.78 is 1.90. The predicted octanol–water partition coefficient (Wildman–Crippen LogP) is 5.36. The Labute approximate surface area is 225 Å². The standard InChI is InChI=1S/C26H29Cl2N5O2S/c1-16(2)25(35)32-12-11-31(14-18(32)4)23(34)15-36-26-30-29-24(19-7-5-17(3)6-8-19)33(26)20-9-10-21(27)22(28)13-20/h5-10,13,16,18H,11-12,14-15H2,1-4H3. The predicted molar refractivity (Wildman–Crippen MR) is 145 cm³/mol. The first-order chi connectivity index (χ1) is 17.2. The molecule has 2 aromatic carbocycles. The van der Waals surface area contributed by atoms with Crippen molar-refractivity contribution in [1.82, 2.24) is 24.6 Å². The Balaban J connectivity index is 1.54. The monoisotopic (exact) mass is 545 g/mol. The zero-order valence-corrected chi connectivity index (χ0v) is 23.1. The van der Waals surface area contributed by atoms with E-state index in [-0.39, 0.29) is 29.5 Å². The summed E-state index contributed by atoms with van der Waals surface area (Å²) in [6.07, 6.45) is 0. The average Bonchev–Trinajstić information content (AvgIpc) is 3.28. The molecule has 0 aliphatic carbocycles. The number of carbonyl (C=O) groups is 2. The maximum Gasteiger partial charge on any atom is 0.233 e. The van der Waals surface area contributed by atoms with Gasteiger partial charge in [-0.25, -0.2) is 0 Å². The van der Waals surface area contributed by atoms with Gasteiger partial charge in [0.25, 0.3) is 0 Å². The Kier molecular flexibility index (Phi) is 8.27. The van der Waals surface area contributed by atoms with Gasteiger partial charge in [0, 0.05) is 37.2 Å². The number of rotatable bonds is 6. The average molecular weight is 547 g/mol. The van der Waals surface area contributed by atoms with Crippen LogP contribution in [0.5, 0.6) is 0 Å². The molecule has 190 valence electrons. The number of hydrogen-bond donors (Lipinski definition) is 0. The van der Waals surface area contributed by atoms with Crippen LogP contribution in [0.4, 0.5) is 0 Å². The van der Waals surface area contributed by atoms with Crippen molar-refractivity contribution in [2.45, 2.75) is 38.9 Å². The van der Waals surface area contributed by atoms with Crippen molar-refractivity contribution >= 4 is 46.8 Å². The third-order valence-corrected chi connectivity index (χ3v) is 7.84. The number of halogens is 2. The normalized spacial score (nSPS) is 16.0. The number of aromatic nitrogens is 3. The Hall–Kier alpha value is -2.55. The smallest absolute Gasteiger partial charge is 0.233 e. The molecule has 0 saturated carbocycles. The summed E-state index contributed by atoms with van der Waals surface area (Å²) in [5, 5.41) is 10.3. The molecule has 2 heterocycles. The van der Waals surface area contributed by atoms with Gasteiger partial charge in [0.2, 0.25) is 11.8 Å². The van der Waals surface area contributed by atoms with E-state index in [1.807, 2.05) is 72.4 Å². The van der Waals surface area contributed by atoms with Crippen LogP contribution in [0.25, 0.3) is 17.1 Å². The highest BCUT2D eigenvalue weighted by molar-refractivity contribution is 7.99. The van der Waals surface area contributed by atoms with E-state index >= 15 is 0 Å². The first-order valence-corrected chi connectivity index (χ1v) is 13.6. The van der Waals surface area contributed by atoms with Crippen molar-refractivity contribution in [3.8, 4) is 17.1 Å². The van der Waals surface area contributed by atoms with Gasteiger partial charge in [0.05, 0.1) is 21.5 Å². The molecular formula is C26H29Cl2N5O2S. The van der Waals surface area contributed by atoms with Gasteiger partial charge in [-0.3, -0.25) is 14.2 Å². The first kappa shape index (κ1) is 26.5. The van der Waals surface area contributed by atoms with E-state index < -0.39 is 0 Å². The topological polar surface area (TPSA) is 71.3 Å². The Morgan fingerprint density at radius 3 is 2.42 bits per heavy atom. The molecule has 1 unspecified atom stereocenters. The van der Waals surface area contributed by atoms with E-state index in [1.165, 1.54) is 11.8 Å². The fraction of sp³-hybridized carbons (Fsp3) is 0.385. The Bertz CT molecular complexity index is 1260. The molecular weight excluding hydrogens is 517 g/mol. The second-order valence-corrected chi connectivity index (χ2v) is 11.0. The molecule has 10 heteroatoms. The van der Waals surface area contributed by atoms with Crippen molar-refractivity contribution in [3.05, 3.63) is 58.1 Å². The van der Waals surface area contributed by atoms with Crippen LogP contribution in [-0.2, 0) is 9.59 Å². The molecule has 2 amide bonds. The second-order valence-electron chi connectivity index (χ2n) is 9.27. The zero-order valence-electron chi connectivity index (χ0n) is 20.7. The van der Waals surface area contributed by atoms with E-state index in [2.05, 4.69) is 10.2 Å². The van der Waals surface area contributed by atoms with Gasteiger partial charge < -0.3 is 9.80 Å². The van der Waals surface area contributed by atoms with E-state index in [0.29, 0.717) is 40.7 Å². The lowest BCUT2D eigenvalue weighted by atomic mass is 10.1. The molecule has 1 fully saturated rings. The Morgan fingerprint density at radius 2 is 1.78 bits per heavy atom. The van der Waals surface area contributed by atoms with Crippen LogP contribution in [0.2, 0.25) is 10.0 Å². The van der Waals surface area contributed by atoms with Crippen molar-refractivity contribution < 1.29 is 9.59 Å². The van der Waals surface area contributed by atoms with Crippen LogP contribution in [0.1, 0.15) is 26.3 Å². The lowest BCUT2D eigenvalue weighted by Crippen LogP contribution is -2.56. The molecule has 1 atom stereocenters. The van der Waals surface area contributed by atoms with Crippen LogP contribution in [-0.4, -0.2) is 67.8 Å². The van der Waals surface area contributed by atoms with Crippen LogP contribution < -0.4 is 0 Å². The lowest BCUT2D eigenvalue weighted by Gasteiger charge is -2.40. The second kappa shape index (κ2) is 11.2. The highest BCUT2D eigenvalue weighted by atomic mass is 35.5. The van der Waals surface area contributed by atoms with Gasteiger partial charge in [0.15, 0.2) is 11.0 Å². The quantitative estimate of drug-likeness (QED) is 0.390. The highest BCUT2D eigenvalue weighted by Gasteiger charge is 2.31. The summed E-state index contributed by atoms with van der Waals surface area (Å²) >= 11 is 13.8. The summed E-state index contributed by atoms with van der Waals surface area (Å²) in [5.74, 6) is 0.933. The van der Waals surface area contributed by atoms with Crippen LogP contribution in [0.3, 0.4) is 0 Å². The maximum absolute atomic E-state index is 13.1. The SMILES string of the molecule is Cc1ccc(-c2nnc(SCC(=O)N3CCN(C(=O)C(C)C)C(C)C3)n2-c2ccc(Cl)c(Cl)c2)cc1. The van der Waals surface area contributed by atoms with Crippen LogP contribution in [0.15, 0.2) is 47.6 Å². The van der Waals surface area contributed by atoms with E-state index in [1.54, 1.807) is 12.1 Å². The minimum Gasteiger partial charge on any atom is -0.338 e. The number of carbonyl (C=O) groups excluding carboxylic acids is 2. The zero-order chi connectivity index (χ0) is 26.0. The molecule has 1 aliphatic rings. The maximum atomic E-state index is 13.1. The van der Waals surface area contributed by atoms with Gasteiger partial charge in [-0.1, -0.05) is 78.6 Å². The molecule has 0 radical (unpaired) electrons. The number of benzene rings is 2. The van der Waals surface area contributed by atoms with Crippen molar-refractivity contribution in [3.63, 3.8) is 0 Å². The molecule has 1 aliphatic heterocycles. The number of aryl methyl sites for hydroxylation is 1. The third kappa shape index (κ3) is 5.71. The minimum atomic E-state index is -0.0549. The molecule has 1 saturated heterocycles. The Morgan fingerprint density at radius 1 is 1.06 bits per heavy atom. The third-order valence-electron chi connectivity index (χ3n) is 6.19. The molecule has 7 nitrogen and oxygen atoms in total. The van der Waals surface area contributed by atoms with Crippen LogP contribution in [0, 0.1) is 12.8 Å². The summed E-state index contributed by atoms with van der Waals surface area (Å²) in [4.78, 5) is 29.2. The number of piperazine rings is 1. The van der Waals surface area contributed by atoms with Crippen molar-refractivity contribution in [1.29, 1.82) is 0 Å². The molecule has 4 rings (SSSR count). The van der Waals surface area contributed by atoms with Crippen LogP contribution >= 0.6 is 35.0 Å². The van der Waals surface area contributed by atoms with Gasteiger partial charge in [0.1, 0.15) is 0 Å². The summed E-state index contributed by atoms with van der Waals surface area (Å²) in [6, 6.07) is 13.4. The van der Waals surface area contributed by atoms with E-state index in [9.17, 15) is 9.59 Å². The number of hydrogen-bond acceptors (Lipinski definition) is 5. The van der Waals surface area contributed by atoms with Gasteiger partial charge >= 0.3 is 0 Å². The van der Waals surface area contributed by atoms with Gasteiger partial charge in [-0.2, -0.15) is 0 Å². The van der Waals surface area contributed by atoms with Gasteiger partial charge in [-0.05, 0) is 32.0 Å². The largest absolute Gasteiger partial charge is 0.338 e. The first-order valence-electron chi connectivity index (χ1n) is 11.8. The number of amides is 2. The minimum absolute atomic E-state index is 0.00377. The summed E-state index contributed by atoms with van der Waals surface area (Å²) in [5.41, 5.74) is 2.80. The molecule has 0 N–H and O–H groups in total. The van der Waals surface area contributed by atoms with E-state index in [4.69, 9.17) is 23.2 Å². The van der Waals surface area contributed by atoms with Crippen molar-refractivity contribution in [2.24, 2.45) is 5.92 Å². The molecule has 3 aromatic rings. The number of nitrogens with zero attached hydrogens (tertiary/aromatic N) is 5. The van der Waals surface area contributed by atoms with Gasteiger partial charge in [-0.15, -0.1) is 10.2 Å². The molecule has 0 spiro atoms. The molecule has 0 bridgehead atoms. The fourth-order valence-electron chi connectivity index (χ4n) is 4.17. The lowest BCUT2D eigenvalue weighted by molar-refractivity contribution is -0.143. The number of thioether (sulfide) groups is 1. The highest BCUT2D eigenvalue weighted by Crippen LogP contribution is 2.31. The fourth-order valence-corrected chi connectivity index (χ4v) is 5.32. The van der Waals surface area contributed by atoms with E-state index in [0.717, 1.165) is 16.8 Å². The van der Waals surface area contributed by atoms with Crippen molar-refractivity contribution in [2.75, 3.05) is 25.4 Å². The summed E-state index contributed by atoms with van der Waals surface area (Å²) in [6.45, 7) is 9.41. The molecule has 1 aromatic heterocycles. The summed E-state index contributed by atoms with van der Waals surface area (Å²) in [7, 11) is 0.